The lowest BCUT2D eigenvalue weighted by atomic mass is 10.0. The van der Waals surface area contributed by atoms with Crippen molar-refractivity contribution in [2.75, 3.05) is 13.2 Å². The van der Waals surface area contributed by atoms with Crippen LogP contribution in [0.25, 0.3) is 0 Å². The minimum atomic E-state index is -0.847. The van der Waals surface area contributed by atoms with Crippen LogP contribution in [-0.2, 0) is 14.3 Å². The third-order valence-corrected chi connectivity index (χ3v) is 13.2. The van der Waals surface area contributed by atoms with Gasteiger partial charge in [-0.05, 0) is 57.8 Å². The van der Waals surface area contributed by atoms with Gasteiger partial charge in [-0.15, -0.1) is 0 Å². The van der Waals surface area contributed by atoms with Crippen molar-refractivity contribution in [2.24, 2.45) is 0 Å². The van der Waals surface area contributed by atoms with Gasteiger partial charge in [0, 0.05) is 12.8 Å². The Kier molecular flexibility index (Phi) is 52.6. The molecule has 0 rings (SSSR count). The molecule has 0 fully saturated rings. The van der Waals surface area contributed by atoms with E-state index in [9.17, 15) is 19.8 Å². The smallest absolute Gasteiger partial charge is 0.305 e. The van der Waals surface area contributed by atoms with Crippen molar-refractivity contribution in [1.29, 1.82) is 0 Å². The maximum Gasteiger partial charge on any atom is 0.305 e. The summed E-state index contributed by atoms with van der Waals surface area (Å²) in [6.07, 6.45) is 64.8. The Morgan fingerprint density at radius 2 is 0.734 bits per heavy atom. The molecule has 0 aromatic rings. The lowest BCUT2D eigenvalue weighted by molar-refractivity contribution is -0.143. The summed E-state index contributed by atoms with van der Waals surface area (Å²) in [5, 5.41) is 23.1. The zero-order valence-corrected chi connectivity index (χ0v) is 43.0. The Balaban J connectivity index is 3.43. The van der Waals surface area contributed by atoms with E-state index in [-0.39, 0.29) is 18.5 Å². The first-order valence-electron chi connectivity index (χ1n) is 28.6. The van der Waals surface area contributed by atoms with Crippen LogP contribution in [0.1, 0.15) is 309 Å². The van der Waals surface area contributed by atoms with Crippen LogP contribution >= 0.6 is 0 Å². The maximum atomic E-state index is 12.4. The Bertz CT molecular complexity index is 997. The van der Waals surface area contributed by atoms with Gasteiger partial charge in [0.15, 0.2) is 0 Å². The molecule has 0 aliphatic heterocycles. The molecule has 3 N–H and O–H groups in total. The maximum absolute atomic E-state index is 12.4. The van der Waals surface area contributed by atoms with E-state index >= 15 is 0 Å². The zero-order valence-electron chi connectivity index (χ0n) is 43.0. The number of aliphatic hydroxyl groups is 2. The summed E-state index contributed by atoms with van der Waals surface area (Å²) in [7, 11) is 0. The average molecular weight is 903 g/mol. The fourth-order valence-electron chi connectivity index (χ4n) is 8.81. The van der Waals surface area contributed by atoms with Crippen molar-refractivity contribution in [1.82, 2.24) is 5.32 Å². The van der Waals surface area contributed by atoms with E-state index in [1.807, 2.05) is 6.08 Å². The van der Waals surface area contributed by atoms with E-state index in [1.54, 1.807) is 6.08 Å². The zero-order chi connectivity index (χ0) is 46.5. The number of esters is 1. The predicted molar refractivity (Wildman–Crippen MR) is 278 cm³/mol. The second-order valence-electron chi connectivity index (χ2n) is 19.6. The van der Waals surface area contributed by atoms with Crippen LogP contribution in [0.3, 0.4) is 0 Å². The van der Waals surface area contributed by atoms with Crippen LogP contribution in [0.4, 0.5) is 0 Å². The van der Waals surface area contributed by atoms with E-state index < -0.39 is 12.1 Å². The molecule has 0 aliphatic carbocycles. The summed E-state index contributed by atoms with van der Waals surface area (Å²) in [6, 6.07) is -0.631. The molecule has 0 bridgehead atoms. The average Bonchev–Trinajstić information content (AvgIpc) is 3.29. The van der Waals surface area contributed by atoms with Gasteiger partial charge in [0.05, 0.1) is 25.4 Å². The van der Waals surface area contributed by atoms with Gasteiger partial charge in [0.1, 0.15) is 0 Å². The SMILES string of the molecule is CCCCCCCCC/C=C\CCCCCCCC(=O)OCCCCCCCCCCCCCCCCCCCC(=O)NC(CO)C(O)/C=C/CCCCCCCCCCCCCC. The van der Waals surface area contributed by atoms with Crippen molar-refractivity contribution in [3.05, 3.63) is 24.3 Å². The quantitative estimate of drug-likeness (QED) is 0.0321. The molecule has 0 spiro atoms. The molecular formula is C58H111NO5. The molecule has 0 aliphatic rings. The molecule has 0 aromatic carbocycles. The summed E-state index contributed by atoms with van der Waals surface area (Å²) in [5.74, 6) is -0.0756. The van der Waals surface area contributed by atoms with E-state index in [2.05, 4.69) is 31.3 Å². The summed E-state index contributed by atoms with van der Waals surface area (Å²) < 4.78 is 5.48. The molecule has 64 heavy (non-hydrogen) atoms. The molecular weight excluding hydrogens is 791 g/mol. The number of aliphatic hydroxyl groups excluding tert-OH is 2. The van der Waals surface area contributed by atoms with Crippen LogP contribution in [0, 0.1) is 0 Å². The highest BCUT2D eigenvalue weighted by atomic mass is 16.5. The van der Waals surface area contributed by atoms with Gasteiger partial charge in [0.25, 0.3) is 0 Å². The standard InChI is InChI=1S/C58H111NO5/c1-3-5-7-9-11-13-15-17-19-24-28-32-36-40-44-48-52-58(63)64-53-49-45-41-37-33-29-25-22-20-21-23-27-31-35-39-43-47-51-57(62)59-55(54-60)56(61)50-46-42-38-34-30-26-18-16-14-12-10-8-6-4-2/h19,24,46,50,55-56,60-61H,3-18,20-23,25-45,47-49,51-54H2,1-2H3,(H,59,62)/b24-19-,50-46+. The first-order chi connectivity index (χ1) is 31.5. The number of nitrogens with one attached hydrogen (secondary N) is 1. The number of allylic oxidation sites excluding steroid dienone is 3. The third-order valence-electron chi connectivity index (χ3n) is 13.2. The fourth-order valence-corrected chi connectivity index (χ4v) is 8.81. The Morgan fingerprint density at radius 1 is 0.422 bits per heavy atom. The topological polar surface area (TPSA) is 95.9 Å². The second kappa shape index (κ2) is 54.0. The number of amides is 1. The molecule has 0 saturated carbocycles. The van der Waals surface area contributed by atoms with E-state index in [4.69, 9.17) is 4.74 Å². The summed E-state index contributed by atoms with van der Waals surface area (Å²) in [5.41, 5.74) is 0. The molecule has 0 aromatic heterocycles. The fraction of sp³-hybridized carbons (Fsp3) is 0.897. The van der Waals surface area contributed by atoms with Crippen molar-refractivity contribution in [2.45, 2.75) is 321 Å². The molecule has 0 radical (unpaired) electrons. The highest BCUT2D eigenvalue weighted by Gasteiger charge is 2.18. The molecule has 2 atom stereocenters. The molecule has 6 heteroatoms. The van der Waals surface area contributed by atoms with Crippen LogP contribution in [0.15, 0.2) is 24.3 Å². The van der Waals surface area contributed by atoms with Gasteiger partial charge in [-0.25, -0.2) is 0 Å². The van der Waals surface area contributed by atoms with E-state index in [0.29, 0.717) is 19.4 Å². The molecule has 0 heterocycles. The summed E-state index contributed by atoms with van der Waals surface area (Å²) >= 11 is 0. The predicted octanol–water partition coefficient (Wildman–Crippen LogP) is 17.5. The van der Waals surface area contributed by atoms with Crippen molar-refractivity contribution in [3.8, 4) is 0 Å². The number of hydrogen-bond donors (Lipinski definition) is 3. The first kappa shape index (κ1) is 62.3. The Morgan fingerprint density at radius 3 is 1.11 bits per heavy atom. The van der Waals surface area contributed by atoms with Gasteiger partial charge in [0.2, 0.25) is 5.91 Å². The molecule has 2 unspecified atom stereocenters. The molecule has 0 saturated heterocycles. The van der Waals surface area contributed by atoms with E-state index in [0.717, 1.165) is 44.9 Å². The van der Waals surface area contributed by atoms with Crippen LogP contribution < -0.4 is 5.32 Å². The monoisotopic (exact) mass is 902 g/mol. The number of hydrogen-bond acceptors (Lipinski definition) is 5. The molecule has 1 amide bonds. The van der Waals surface area contributed by atoms with Gasteiger partial charge in [-0.2, -0.15) is 0 Å². The normalized spacial score (nSPS) is 12.8. The second-order valence-corrected chi connectivity index (χ2v) is 19.6. The van der Waals surface area contributed by atoms with E-state index in [1.165, 1.54) is 238 Å². The highest BCUT2D eigenvalue weighted by Crippen LogP contribution is 2.17. The lowest BCUT2D eigenvalue weighted by Crippen LogP contribution is -2.45. The van der Waals surface area contributed by atoms with Crippen LogP contribution in [0.5, 0.6) is 0 Å². The number of unbranched alkanes of at least 4 members (excludes halogenated alkanes) is 40. The summed E-state index contributed by atoms with van der Waals surface area (Å²) in [6.45, 7) is 4.89. The molecule has 378 valence electrons. The van der Waals surface area contributed by atoms with Gasteiger partial charge < -0.3 is 20.3 Å². The Hall–Kier alpha value is -1.66. The number of carbonyl (C=O) groups excluding carboxylic acids is 2. The van der Waals surface area contributed by atoms with Crippen molar-refractivity contribution < 1.29 is 24.5 Å². The third kappa shape index (κ3) is 49.8. The first-order valence-corrected chi connectivity index (χ1v) is 28.6. The minimum absolute atomic E-state index is 0.00284. The summed E-state index contributed by atoms with van der Waals surface area (Å²) in [4.78, 5) is 24.5. The number of carbonyl (C=O) groups is 2. The molecule has 6 nitrogen and oxygen atoms in total. The van der Waals surface area contributed by atoms with Gasteiger partial charge in [-0.3, -0.25) is 9.59 Å². The van der Waals surface area contributed by atoms with Crippen LogP contribution in [-0.4, -0.2) is 47.4 Å². The highest BCUT2D eigenvalue weighted by molar-refractivity contribution is 5.76. The van der Waals surface area contributed by atoms with Crippen molar-refractivity contribution in [3.63, 3.8) is 0 Å². The van der Waals surface area contributed by atoms with Crippen LogP contribution in [0.2, 0.25) is 0 Å². The lowest BCUT2D eigenvalue weighted by Gasteiger charge is -2.20. The largest absolute Gasteiger partial charge is 0.466 e. The van der Waals surface area contributed by atoms with Gasteiger partial charge >= 0.3 is 5.97 Å². The van der Waals surface area contributed by atoms with Crippen molar-refractivity contribution >= 4 is 11.9 Å². The van der Waals surface area contributed by atoms with Gasteiger partial charge in [-0.1, -0.05) is 263 Å². The number of rotatable bonds is 53. The number of ether oxygens (including phenoxy) is 1. The Labute approximate surface area is 399 Å². The minimum Gasteiger partial charge on any atom is -0.466 e.